The summed E-state index contributed by atoms with van der Waals surface area (Å²) >= 11 is 3.25. The Balaban J connectivity index is 2.64. The van der Waals surface area contributed by atoms with Crippen molar-refractivity contribution in [3.63, 3.8) is 0 Å². The number of hydrogen-bond donors (Lipinski definition) is 1. The van der Waals surface area contributed by atoms with Crippen molar-refractivity contribution in [3.05, 3.63) is 28.4 Å². The minimum Gasteiger partial charge on any atom is -0.475 e. The highest BCUT2D eigenvalue weighted by atomic mass is 79.9. The van der Waals surface area contributed by atoms with Gasteiger partial charge in [0.15, 0.2) is 0 Å². The van der Waals surface area contributed by atoms with E-state index in [-0.39, 0.29) is 5.56 Å². The molecular formula is C10H7BrN2O3. The van der Waals surface area contributed by atoms with Crippen LogP contribution in [0.25, 0.3) is 10.9 Å². The molecule has 2 aromatic rings. The zero-order valence-electron chi connectivity index (χ0n) is 8.27. The Morgan fingerprint density at radius 2 is 2.12 bits per heavy atom. The molecule has 0 spiro atoms. The molecule has 2 rings (SSSR count). The van der Waals surface area contributed by atoms with Crippen LogP contribution in [0.2, 0.25) is 0 Å². The third-order valence-corrected chi connectivity index (χ3v) is 2.85. The number of ketones is 1. The van der Waals surface area contributed by atoms with E-state index >= 15 is 0 Å². The first-order valence-electron chi connectivity index (χ1n) is 4.40. The number of aryl methyl sites for hydroxylation is 1. The molecule has 0 aliphatic rings. The molecule has 1 heterocycles. The first-order chi connectivity index (χ1) is 7.50. The fourth-order valence-corrected chi connectivity index (χ4v) is 2.04. The highest BCUT2D eigenvalue weighted by Crippen LogP contribution is 2.23. The molecule has 0 radical (unpaired) electrons. The summed E-state index contributed by atoms with van der Waals surface area (Å²) < 4.78 is 2.24. The molecule has 0 aliphatic carbocycles. The van der Waals surface area contributed by atoms with Crippen LogP contribution in [0, 0.1) is 0 Å². The van der Waals surface area contributed by atoms with Gasteiger partial charge in [-0.2, -0.15) is 5.10 Å². The number of aromatic nitrogens is 2. The summed E-state index contributed by atoms with van der Waals surface area (Å²) in [7, 11) is 1.77. The van der Waals surface area contributed by atoms with Gasteiger partial charge in [0.05, 0.1) is 5.52 Å². The highest BCUT2D eigenvalue weighted by Gasteiger charge is 2.16. The van der Waals surface area contributed by atoms with Gasteiger partial charge in [-0.1, -0.05) is 0 Å². The van der Waals surface area contributed by atoms with Crippen molar-refractivity contribution in [3.8, 4) is 0 Å². The Labute approximate surface area is 98.8 Å². The lowest BCUT2D eigenvalue weighted by Gasteiger charge is -1.97. The fraction of sp³-hybridized carbons (Fsp3) is 0.100. The van der Waals surface area contributed by atoms with Crippen LogP contribution in [-0.2, 0) is 11.8 Å². The molecule has 6 heteroatoms. The predicted octanol–water partition coefficient (Wildman–Crippen LogP) is 1.60. The molecular weight excluding hydrogens is 276 g/mol. The second kappa shape index (κ2) is 3.71. The predicted molar refractivity (Wildman–Crippen MR) is 60.4 cm³/mol. The number of fused-ring (bicyclic) bond motifs is 1. The number of carbonyl (C=O) groups excluding carboxylic acids is 1. The maximum Gasteiger partial charge on any atom is 0.377 e. The Morgan fingerprint density at radius 1 is 1.44 bits per heavy atom. The zero-order chi connectivity index (χ0) is 11.9. The Bertz CT molecular complexity index is 603. The maximum absolute atomic E-state index is 11.3. The van der Waals surface area contributed by atoms with Gasteiger partial charge in [-0.15, -0.1) is 0 Å². The van der Waals surface area contributed by atoms with Gasteiger partial charge < -0.3 is 5.11 Å². The molecule has 5 nitrogen and oxygen atoms in total. The molecule has 0 saturated carbocycles. The van der Waals surface area contributed by atoms with Gasteiger partial charge in [0.2, 0.25) is 0 Å². The van der Waals surface area contributed by atoms with Gasteiger partial charge in [0.1, 0.15) is 4.60 Å². The first kappa shape index (κ1) is 10.8. The number of Topliss-reactive ketones (excluding diaryl/α,β-unsaturated/α-hetero) is 1. The van der Waals surface area contributed by atoms with Crippen molar-refractivity contribution in [2.75, 3.05) is 0 Å². The lowest BCUT2D eigenvalue weighted by Crippen LogP contribution is -2.12. The second-order valence-corrected chi connectivity index (χ2v) is 4.03. The number of halogens is 1. The summed E-state index contributed by atoms with van der Waals surface area (Å²) in [5.41, 5.74) is 0.975. The normalized spacial score (nSPS) is 10.6. The monoisotopic (exact) mass is 282 g/mol. The summed E-state index contributed by atoms with van der Waals surface area (Å²) in [5.74, 6) is -2.38. The Kier molecular flexibility index (Phi) is 2.51. The third-order valence-electron chi connectivity index (χ3n) is 2.26. The molecule has 0 bridgehead atoms. The second-order valence-electron chi connectivity index (χ2n) is 3.28. The van der Waals surface area contributed by atoms with Gasteiger partial charge in [-0.25, -0.2) is 4.79 Å². The number of benzene rings is 1. The summed E-state index contributed by atoms with van der Waals surface area (Å²) in [5, 5.41) is 13.4. The van der Waals surface area contributed by atoms with Crippen molar-refractivity contribution in [2.45, 2.75) is 0 Å². The van der Waals surface area contributed by atoms with Crippen LogP contribution in [0.1, 0.15) is 10.4 Å². The molecule has 16 heavy (non-hydrogen) atoms. The number of carboxylic acid groups (broad SMARTS) is 1. The topological polar surface area (TPSA) is 72.2 Å². The SMILES string of the molecule is Cn1nc(Br)c2cc(C(=O)C(=O)O)ccc21. The van der Waals surface area contributed by atoms with Crippen molar-refractivity contribution >= 4 is 38.6 Å². The molecule has 1 aromatic carbocycles. The Morgan fingerprint density at radius 3 is 2.75 bits per heavy atom. The van der Waals surface area contributed by atoms with E-state index in [4.69, 9.17) is 5.11 Å². The average Bonchev–Trinajstić information content (AvgIpc) is 2.53. The van der Waals surface area contributed by atoms with Crippen molar-refractivity contribution < 1.29 is 14.7 Å². The lowest BCUT2D eigenvalue weighted by atomic mass is 10.1. The van der Waals surface area contributed by atoms with E-state index in [0.717, 1.165) is 10.9 Å². The maximum atomic E-state index is 11.3. The number of aliphatic carboxylic acids is 1. The van der Waals surface area contributed by atoms with Gasteiger partial charge in [0, 0.05) is 18.0 Å². The zero-order valence-corrected chi connectivity index (χ0v) is 9.85. The number of nitrogens with zero attached hydrogens (tertiary/aromatic N) is 2. The minimum absolute atomic E-state index is 0.147. The van der Waals surface area contributed by atoms with Crippen LogP contribution >= 0.6 is 15.9 Å². The van der Waals surface area contributed by atoms with Gasteiger partial charge in [0.25, 0.3) is 5.78 Å². The third kappa shape index (κ3) is 1.61. The summed E-state index contributed by atoms with van der Waals surface area (Å²) in [6.45, 7) is 0. The highest BCUT2D eigenvalue weighted by molar-refractivity contribution is 9.10. The number of hydrogen-bond acceptors (Lipinski definition) is 3. The molecule has 0 aliphatic heterocycles. The summed E-state index contributed by atoms with van der Waals surface area (Å²) in [4.78, 5) is 21.8. The van der Waals surface area contributed by atoms with E-state index in [1.54, 1.807) is 17.8 Å². The molecule has 0 amide bonds. The van der Waals surface area contributed by atoms with Crippen molar-refractivity contribution in [2.24, 2.45) is 7.05 Å². The molecule has 0 atom stereocenters. The molecule has 1 N–H and O–H groups in total. The van der Waals surface area contributed by atoms with Gasteiger partial charge in [-0.05, 0) is 34.1 Å². The fourth-order valence-electron chi connectivity index (χ4n) is 1.49. The standard InChI is InChI=1S/C10H7BrN2O3/c1-13-7-3-2-5(8(14)10(15)16)4-6(7)9(11)12-13/h2-4H,1H3,(H,15,16). The quantitative estimate of drug-likeness (QED) is 0.671. The smallest absolute Gasteiger partial charge is 0.377 e. The summed E-state index contributed by atoms with van der Waals surface area (Å²) in [6.07, 6.45) is 0. The molecule has 82 valence electrons. The van der Waals surface area contributed by atoms with Crippen molar-refractivity contribution in [1.29, 1.82) is 0 Å². The molecule has 0 fully saturated rings. The largest absolute Gasteiger partial charge is 0.475 e. The van der Waals surface area contributed by atoms with Crippen LogP contribution in [0.15, 0.2) is 22.8 Å². The van der Waals surface area contributed by atoms with Crippen LogP contribution in [-0.4, -0.2) is 26.6 Å². The van der Waals surface area contributed by atoms with E-state index in [2.05, 4.69) is 21.0 Å². The average molecular weight is 283 g/mol. The number of carboxylic acids is 1. The summed E-state index contributed by atoms with van der Waals surface area (Å²) in [6, 6.07) is 4.67. The molecule has 0 saturated heterocycles. The van der Waals surface area contributed by atoms with E-state index < -0.39 is 11.8 Å². The van der Waals surface area contributed by atoms with E-state index in [1.807, 2.05) is 0 Å². The minimum atomic E-state index is -1.46. The van der Waals surface area contributed by atoms with Gasteiger partial charge >= 0.3 is 5.97 Å². The van der Waals surface area contributed by atoms with Crippen LogP contribution < -0.4 is 0 Å². The first-order valence-corrected chi connectivity index (χ1v) is 5.20. The van der Waals surface area contributed by atoms with E-state index in [0.29, 0.717) is 4.60 Å². The lowest BCUT2D eigenvalue weighted by molar-refractivity contribution is -0.131. The van der Waals surface area contributed by atoms with Crippen molar-refractivity contribution in [1.82, 2.24) is 9.78 Å². The van der Waals surface area contributed by atoms with Crippen LogP contribution in [0.5, 0.6) is 0 Å². The Hall–Kier alpha value is -1.69. The van der Waals surface area contributed by atoms with E-state index in [9.17, 15) is 9.59 Å². The van der Waals surface area contributed by atoms with Crippen LogP contribution in [0.4, 0.5) is 0 Å². The molecule has 0 unspecified atom stereocenters. The molecule has 1 aromatic heterocycles. The number of rotatable bonds is 2. The van der Waals surface area contributed by atoms with Crippen LogP contribution in [0.3, 0.4) is 0 Å². The van der Waals surface area contributed by atoms with E-state index in [1.165, 1.54) is 12.1 Å². The van der Waals surface area contributed by atoms with Gasteiger partial charge in [-0.3, -0.25) is 9.48 Å². The number of carbonyl (C=O) groups is 2.